The van der Waals surface area contributed by atoms with Gasteiger partial charge in [-0.15, -0.1) is 0 Å². The molecule has 0 fully saturated rings. The Morgan fingerprint density at radius 1 is 1.05 bits per heavy atom. The smallest absolute Gasteiger partial charge is 0.446 e. The number of benzene rings is 1. The molecule has 0 aromatic heterocycles. The first-order chi connectivity index (χ1) is 9.89. The predicted octanol–water partition coefficient (Wildman–Crippen LogP) is 5.60. The number of carboxylic acid groups (broad SMARTS) is 1. The second kappa shape index (κ2) is 7.05. The predicted molar refractivity (Wildman–Crippen MR) is 73.3 cm³/mol. The van der Waals surface area contributed by atoms with Crippen molar-refractivity contribution in [2.75, 3.05) is 0 Å². The Balaban J connectivity index is 3.50. The van der Waals surface area contributed by atoms with E-state index in [-0.39, 0.29) is 10.6 Å². The lowest BCUT2D eigenvalue weighted by Gasteiger charge is -2.15. The first-order valence-corrected chi connectivity index (χ1v) is 7.15. The number of aliphatic carboxylic acids is 1. The van der Waals surface area contributed by atoms with E-state index < -0.39 is 50.3 Å². The lowest BCUT2D eigenvalue weighted by Crippen LogP contribution is -2.10. The van der Waals surface area contributed by atoms with Gasteiger partial charge < -0.3 is 5.11 Å². The Labute approximate surface area is 133 Å². The van der Waals surface area contributed by atoms with Crippen LogP contribution in [0.2, 0.25) is 5.02 Å². The number of carbonyl (C=O) groups is 1. The van der Waals surface area contributed by atoms with E-state index >= 15 is 0 Å². The fourth-order valence-electron chi connectivity index (χ4n) is 1.28. The number of hydrogen-bond donors (Lipinski definition) is 1. The maximum atomic E-state index is 12.6. The SMILES string of the molecule is O=C(O)/C(SC(F)(F)F)=C(\SC(F)(F)F)c1cccc(Cl)c1. The van der Waals surface area contributed by atoms with Gasteiger partial charge in [0, 0.05) is 9.93 Å². The standard InChI is InChI=1S/C11H5ClF6O2S2/c12-6-3-1-2-5(4-6)7(21-10(13,14)15)8(9(19)20)22-11(16,17)18/h1-4H,(H,19,20)/b8-7+. The van der Waals surface area contributed by atoms with Crippen LogP contribution < -0.4 is 0 Å². The minimum absolute atomic E-state index is 0.0421. The highest BCUT2D eigenvalue weighted by molar-refractivity contribution is 8.12. The zero-order valence-electron chi connectivity index (χ0n) is 10.1. The maximum Gasteiger partial charge on any atom is 0.446 e. The van der Waals surface area contributed by atoms with E-state index in [1.54, 1.807) is 0 Å². The van der Waals surface area contributed by atoms with Crippen LogP contribution >= 0.6 is 35.1 Å². The van der Waals surface area contributed by atoms with E-state index in [0.717, 1.165) is 12.1 Å². The van der Waals surface area contributed by atoms with Crippen molar-refractivity contribution in [1.29, 1.82) is 0 Å². The molecule has 1 N–H and O–H groups in total. The molecule has 0 atom stereocenters. The fraction of sp³-hybridized carbons (Fsp3) is 0.182. The molecule has 0 aliphatic carbocycles. The highest BCUT2D eigenvalue weighted by Crippen LogP contribution is 2.48. The summed E-state index contributed by atoms with van der Waals surface area (Å²) in [5.74, 6) is -2.12. The molecular weight excluding hydrogens is 378 g/mol. The lowest BCUT2D eigenvalue weighted by atomic mass is 10.2. The van der Waals surface area contributed by atoms with Crippen molar-refractivity contribution in [2.45, 2.75) is 11.0 Å². The number of alkyl halides is 6. The first kappa shape index (κ1) is 19.0. The maximum absolute atomic E-state index is 12.6. The van der Waals surface area contributed by atoms with Gasteiger partial charge in [0.1, 0.15) is 4.91 Å². The Kier molecular flexibility index (Phi) is 6.10. The van der Waals surface area contributed by atoms with E-state index in [1.807, 2.05) is 0 Å². The van der Waals surface area contributed by atoms with Gasteiger partial charge in [-0.1, -0.05) is 23.7 Å². The molecule has 122 valence electrons. The topological polar surface area (TPSA) is 37.3 Å². The zero-order valence-corrected chi connectivity index (χ0v) is 12.5. The molecule has 22 heavy (non-hydrogen) atoms. The summed E-state index contributed by atoms with van der Waals surface area (Å²) < 4.78 is 74.9. The van der Waals surface area contributed by atoms with Crippen molar-refractivity contribution < 1.29 is 36.2 Å². The fourth-order valence-corrected chi connectivity index (χ4v) is 2.91. The Morgan fingerprint density at radius 2 is 1.59 bits per heavy atom. The van der Waals surface area contributed by atoms with Crippen LogP contribution in [0.4, 0.5) is 26.3 Å². The van der Waals surface area contributed by atoms with Gasteiger partial charge in [0.25, 0.3) is 0 Å². The highest BCUT2D eigenvalue weighted by Gasteiger charge is 2.39. The molecule has 0 spiro atoms. The van der Waals surface area contributed by atoms with Gasteiger partial charge >= 0.3 is 17.0 Å². The number of thioether (sulfide) groups is 2. The third-order valence-corrected chi connectivity index (χ3v) is 3.98. The minimum atomic E-state index is -5.05. The first-order valence-electron chi connectivity index (χ1n) is 5.14. The Hall–Kier alpha value is -1.00. The molecule has 2 nitrogen and oxygen atoms in total. The van der Waals surface area contributed by atoms with Crippen LogP contribution in [-0.4, -0.2) is 22.1 Å². The van der Waals surface area contributed by atoms with Crippen molar-refractivity contribution >= 4 is 46.0 Å². The molecule has 1 aromatic rings. The van der Waals surface area contributed by atoms with Gasteiger partial charge in [-0.2, -0.15) is 26.3 Å². The summed E-state index contributed by atoms with van der Waals surface area (Å²) in [7, 11) is 0. The van der Waals surface area contributed by atoms with Crippen LogP contribution in [0.3, 0.4) is 0 Å². The summed E-state index contributed by atoms with van der Waals surface area (Å²) in [6.07, 6.45) is 0. The van der Waals surface area contributed by atoms with E-state index in [1.165, 1.54) is 12.1 Å². The van der Waals surface area contributed by atoms with Crippen LogP contribution in [0.25, 0.3) is 4.91 Å². The van der Waals surface area contributed by atoms with Crippen molar-refractivity contribution in [1.82, 2.24) is 0 Å². The van der Waals surface area contributed by atoms with E-state index in [9.17, 15) is 31.1 Å². The van der Waals surface area contributed by atoms with Gasteiger partial charge in [0.2, 0.25) is 0 Å². The van der Waals surface area contributed by atoms with Crippen molar-refractivity contribution in [3.8, 4) is 0 Å². The van der Waals surface area contributed by atoms with Crippen molar-refractivity contribution in [3.63, 3.8) is 0 Å². The quantitative estimate of drug-likeness (QED) is 0.543. The highest BCUT2D eigenvalue weighted by atomic mass is 35.5. The van der Waals surface area contributed by atoms with Gasteiger partial charge in [-0.05, 0) is 41.2 Å². The second-order valence-corrected chi connectivity index (χ2v) is 6.16. The summed E-state index contributed by atoms with van der Waals surface area (Å²) in [4.78, 5) is 8.42. The second-order valence-electron chi connectivity index (χ2n) is 3.57. The summed E-state index contributed by atoms with van der Waals surface area (Å²) in [6.45, 7) is 0. The molecule has 0 aliphatic rings. The summed E-state index contributed by atoms with van der Waals surface area (Å²) in [6, 6.07) is 4.49. The van der Waals surface area contributed by atoms with Gasteiger partial charge in [-0.3, -0.25) is 0 Å². The van der Waals surface area contributed by atoms with Gasteiger partial charge in [-0.25, -0.2) is 4.79 Å². The molecule has 1 aromatic carbocycles. The molecule has 0 unspecified atom stereocenters. The van der Waals surface area contributed by atoms with E-state index in [4.69, 9.17) is 16.7 Å². The van der Waals surface area contributed by atoms with Gasteiger partial charge in [0.05, 0.1) is 0 Å². The average Bonchev–Trinajstić information content (AvgIpc) is 2.31. The summed E-state index contributed by atoms with van der Waals surface area (Å²) in [5, 5.41) is 8.80. The molecule has 0 aliphatic heterocycles. The lowest BCUT2D eigenvalue weighted by molar-refractivity contribution is -0.131. The molecule has 0 bridgehead atoms. The molecule has 0 amide bonds. The van der Waals surface area contributed by atoms with Crippen molar-refractivity contribution in [2.24, 2.45) is 0 Å². The van der Waals surface area contributed by atoms with Crippen molar-refractivity contribution in [3.05, 3.63) is 39.8 Å². The Morgan fingerprint density at radius 3 is 2.00 bits per heavy atom. The monoisotopic (exact) mass is 382 g/mol. The largest absolute Gasteiger partial charge is 0.477 e. The van der Waals surface area contributed by atoms with Crippen LogP contribution in [0, 0.1) is 0 Å². The number of halogens is 7. The molecule has 11 heteroatoms. The molecule has 1 rings (SSSR count). The van der Waals surface area contributed by atoms with Crippen LogP contribution in [0.5, 0.6) is 0 Å². The molecule has 0 saturated carbocycles. The number of rotatable bonds is 4. The van der Waals surface area contributed by atoms with Crippen LogP contribution in [0.15, 0.2) is 29.2 Å². The van der Waals surface area contributed by atoms with E-state index in [2.05, 4.69) is 0 Å². The third kappa shape index (κ3) is 6.41. The molecule has 0 saturated heterocycles. The zero-order chi connectivity index (χ0) is 17.1. The molecular formula is C11H5ClF6O2S2. The summed E-state index contributed by atoms with van der Waals surface area (Å²) >= 11 is 3.52. The molecule has 0 heterocycles. The van der Waals surface area contributed by atoms with Crippen LogP contribution in [-0.2, 0) is 4.79 Å². The number of carboxylic acids is 1. The van der Waals surface area contributed by atoms with Crippen LogP contribution in [0.1, 0.15) is 5.56 Å². The Bertz CT molecular complexity index is 597. The van der Waals surface area contributed by atoms with E-state index in [0.29, 0.717) is 0 Å². The average molecular weight is 383 g/mol. The molecule has 0 radical (unpaired) electrons. The summed E-state index contributed by atoms with van der Waals surface area (Å²) in [5.41, 5.74) is -10.4. The third-order valence-electron chi connectivity index (χ3n) is 1.92. The normalized spacial score (nSPS) is 13.8. The minimum Gasteiger partial charge on any atom is -0.477 e. The van der Waals surface area contributed by atoms with Gasteiger partial charge in [0.15, 0.2) is 0 Å². The number of hydrogen-bond acceptors (Lipinski definition) is 3.